The number of nitrogens with zero attached hydrogens (tertiary/aromatic N) is 1. The molecule has 19 heavy (non-hydrogen) atoms. The van der Waals surface area contributed by atoms with Crippen molar-refractivity contribution in [3.05, 3.63) is 29.3 Å². The third-order valence-corrected chi connectivity index (χ3v) is 3.44. The molecule has 104 valence electrons. The van der Waals surface area contributed by atoms with Gasteiger partial charge in [-0.05, 0) is 24.6 Å². The van der Waals surface area contributed by atoms with Crippen molar-refractivity contribution in [1.82, 2.24) is 10.2 Å². The number of hydrogen-bond donors (Lipinski definition) is 1. The van der Waals surface area contributed by atoms with Gasteiger partial charge in [0.05, 0.1) is 12.5 Å². The predicted molar refractivity (Wildman–Crippen MR) is 75.6 cm³/mol. The van der Waals surface area contributed by atoms with E-state index < -0.39 is 0 Å². The van der Waals surface area contributed by atoms with Gasteiger partial charge in [0, 0.05) is 31.7 Å². The molecule has 0 saturated carbocycles. The van der Waals surface area contributed by atoms with Crippen LogP contribution in [0.4, 0.5) is 0 Å². The predicted octanol–water partition coefficient (Wildman–Crippen LogP) is 1.79. The lowest BCUT2D eigenvalue weighted by atomic mass is 10.0. The second-order valence-electron chi connectivity index (χ2n) is 4.77. The van der Waals surface area contributed by atoms with Crippen molar-refractivity contribution in [2.24, 2.45) is 5.92 Å². The first-order valence-corrected chi connectivity index (χ1v) is 6.88. The summed E-state index contributed by atoms with van der Waals surface area (Å²) >= 11 is 5.87. The number of ether oxygens (including phenoxy) is 1. The first-order chi connectivity index (χ1) is 9.16. The fraction of sp³-hybridized carbons (Fsp3) is 0.500. The summed E-state index contributed by atoms with van der Waals surface area (Å²) in [5.74, 6) is 1.16. The number of benzene rings is 1. The van der Waals surface area contributed by atoms with Gasteiger partial charge in [0.1, 0.15) is 5.75 Å². The lowest BCUT2D eigenvalue weighted by Crippen LogP contribution is -2.51. The highest BCUT2D eigenvalue weighted by molar-refractivity contribution is 6.30. The summed E-state index contributed by atoms with van der Waals surface area (Å²) in [6.07, 6.45) is 0.814. The van der Waals surface area contributed by atoms with Crippen LogP contribution in [0.1, 0.15) is 6.42 Å². The van der Waals surface area contributed by atoms with Gasteiger partial charge in [-0.25, -0.2) is 0 Å². The van der Waals surface area contributed by atoms with E-state index in [0.29, 0.717) is 11.6 Å². The molecule has 0 unspecified atom stereocenters. The fourth-order valence-electron chi connectivity index (χ4n) is 1.93. The zero-order valence-electron chi connectivity index (χ0n) is 11.1. The Kier molecular flexibility index (Phi) is 5.05. The van der Waals surface area contributed by atoms with Crippen LogP contribution in [0, 0.1) is 5.92 Å². The largest absolute Gasteiger partial charge is 0.493 e. The summed E-state index contributed by atoms with van der Waals surface area (Å²) in [4.78, 5) is 13.6. The molecule has 0 bridgehead atoms. The molecule has 5 heteroatoms. The molecule has 1 aromatic carbocycles. The SMILES string of the molecule is CN(CCCOc1cccc(Cl)c1)C(=O)C1CNC1. The number of hydrogen-bond acceptors (Lipinski definition) is 3. The quantitative estimate of drug-likeness (QED) is 0.809. The van der Waals surface area contributed by atoms with Crippen molar-refractivity contribution >= 4 is 17.5 Å². The first kappa shape index (κ1) is 14.2. The molecule has 1 aromatic rings. The number of halogens is 1. The third-order valence-electron chi connectivity index (χ3n) is 3.21. The Morgan fingerprint density at radius 1 is 1.53 bits per heavy atom. The fourth-order valence-corrected chi connectivity index (χ4v) is 2.11. The highest BCUT2D eigenvalue weighted by atomic mass is 35.5. The number of carbonyl (C=O) groups excluding carboxylic acids is 1. The maximum Gasteiger partial charge on any atom is 0.227 e. The van der Waals surface area contributed by atoms with E-state index in [0.717, 1.165) is 31.8 Å². The van der Waals surface area contributed by atoms with E-state index in [1.54, 1.807) is 11.0 Å². The minimum absolute atomic E-state index is 0.166. The molecule has 0 radical (unpaired) electrons. The molecule has 1 saturated heterocycles. The number of amides is 1. The van der Waals surface area contributed by atoms with Gasteiger partial charge in [0.15, 0.2) is 0 Å². The van der Waals surface area contributed by atoms with E-state index in [9.17, 15) is 4.79 Å². The minimum Gasteiger partial charge on any atom is -0.493 e. The second-order valence-corrected chi connectivity index (χ2v) is 5.21. The Bertz CT molecular complexity index is 435. The Balaban J connectivity index is 1.64. The lowest BCUT2D eigenvalue weighted by molar-refractivity contribution is -0.135. The molecule has 1 aliphatic heterocycles. The Hall–Kier alpha value is -1.26. The zero-order valence-corrected chi connectivity index (χ0v) is 11.8. The average Bonchev–Trinajstić information content (AvgIpc) is 2.32. The molecular formula is C14H19ClN2O2. The van der Waals surface area contributed by atoms with Gasteiger partial charge >= 0.3 is 0 Å². The molecule has 1 N–H and O–H groups in total. The van der Waals surface area contributed by atoms with Crippen molar-refractivity contribution in [3.63, 3.8) is 0 Å². The van der Waals surface area contributed by atoms with E-state index in [2.05, 4.69) is 5.32 Å². The number of carbonyl (C=O) groups is 1. The minimum atomic E-state index is 0.166. The van der Waals surface area contributed by atoms with Crippen LogP contribution in [0.3, 0.4) is 0 Å². The average molecular weight is 283 g/mol. The van der Waals surface area contributed by atoms with Crippen molar-refractivity contribution < 1.29 is 9.53 Å². The van der Waals surface area contributed by atoms with E-state index in [1.165, 1.54) is 0 Å². The highest BCUT2D eigenvalue weighted by Crippen LogP contribution is 2.17. The molecule has 1 fully saturated rings. The van der Waals surface area contributed by atoms with Crippen LogP contribution in [0.2, 0.25) is 5.02 Å². The summed E-state index contributed by atoms with van der Waals surface area (Å²) in [5, 5.41) is 3.78. The third kappa shape index (κ3) is 4.11. The highest BCUT2D eigenvalue weighted by Gasteiger charge is 2.27. The molecule has 1 aliphatic rings. The van der Waals surface area contributed by atoms with Crippen LogP contribution in [0.15, 0.2) is 24.3 Å². The number of nitrogens with one attached hydrogen (secondary N) is 1. The standard InChI is InChI=1S/C14H19ClN2O2/c1-17(14(18)11-9-16-10-11)6-3-7-19-13-5-2-4-12(15)8-13/h2,4-5,8,11,16H,3,6-7,9-10H2,1H3. The van der Waals surface area contributed by atoms with Crippen LogP contribution >= 0.6 is 11.6 Å². The van der Waals surface area contributed by atoms with E-state index in [4.69, 9.17) is 16.3 Å². The Labute approximate surface area is 118 Å². The van der Waals surface area contributed by atoms with Crippen molar-refractivity contribution in [2.75, 3.05) is 33.3 Å². The Morgan fingerprint density at radius 3 is 2.95 bits per heavy atom. The molecule has 2 rings (SSSR count). The van der Waals surface area contributed by atoms with Crippen LogP contribution in [0.25, 0.3) is 0 Å². The van der Waals surface area contributed by atoms with E-state index in [-0.39, 0.29) is 11.8 Å². The summed E-state index contributed by atoms with van der Waals surface area (Å²) in [5.41, 5.74) is 0. The summed E-state index contributed by atoms with van der Waals surface area (Å²) in [6, 6.07) is 7.33. The summed E-state index contributed by atoms with van der Waals surface area (Å²) < 4.78 is 5.58. The summed E-state index contributed by atoms with van der Waals surface area (Å²) in [7, 11) is 1.85. The van der Waals surface area contributed by atoms with Crippen LogP contribution in [-0.2, 0) is 4.79 Å². The van der Waals surface area contributed by atoms with Crippen molar-refractivity contribution in [1.29, 1.82) is 0 Å². The van der Waals surface area contributed by atoms with E-state index in [1.807, 2.05) is 25.2 Å². The molecule has 1 heterocycles. The van der Waals surface area contributed by atoms with Gasteiger partial charge in [-0.3, -0.25) is 4.79 Å². The Morgan fingerprint density at radius 2 is 2.32 bits per heavy atom. The zero-order chi connectivity index (χ0) is 13.7. The smallest absolute Gasteiger partial charge is 0.227 e. The monoisotopic (exact) mass is 282 g/mol. The number of rotatable bonds is 6. The van der Waals surface area contributed by atoms with Crippen molar-refractivity contribution in [3.8, 4) is 5.75 Å². The molecular weight excluding hydrogens is 264 g/mol. The van der Waals surface area contributed by atoms with Crippen LogP contribution in [0.5, 0.6) is 5.75 Å². The van der Waals surface area contributed by atoms with Crippen LogP contribution in [-0.4, -0.2) is 44.1 Å². The van der Waals surface area contributed by atoms with Gasteiger partial charge in [-0.2, -0.15) is 0 Å². The second kappa shape index (κ2) is 6.78. The van der Waals surface area contributed by atoms with E-state index >= 15 is 0 Å². The topological polar surface area (TPSA) is 41.6 Å². The molecule has 0 atom stereocenters. The maximum atomic E-state index is 11.9. The van der Waals surface area contributed by atoms with Gasteiger partial charge in [0.25, 0.3) is 0 Å². The van der Waals surface area contributed by atoms with Gasteiger partial charge in [-0.1, -0.05) is 17.7 Å². The maximum absolute atomic E-state index is 11.9. The lowest BCUT2D eigenvalue weighted by Gasteiger charge is -2.30. The molecule has 0 spiro atoms. The van der Waals surface area contributed by atoms with Crippen LogP contribution < -0.4 is 10.1 Å². The van der Waals surface area contributed by atoms with Gasteiger partial charge < -0.3 is 15.0 Å². The first-order valence-electron chi connectivity index (χ1n) is 6.51. The normalized spacial score (nSPS) is 14.8. The van der Waals surface area contributed by atoms with Crippen molar-refractivity contribution in [2.45, 2.75) is 6.42 Å². The van der Waals surface area contributed by atoms with Gasteiger partial charge in [0.2, 0.25) is 5.91 Å². The molecule has 0 aromatic heterocycles. The molecule has 0 aliphatic carbocycles. The molecule has 4 nitrogen and oxygen atoms in total. The molecule has 1 amide bonds. The van der Waals surface area contributed by atoms with Gasteiger partial charge in [-0.15, -0.1) is 0 Å². The summed E-state index contributed by atoms with van der Waals surface area (Å²) in [6.45, 7) is 2.92.